The fourth-order valence-corrected chi connectivity index (χ4v) is 2.30. The Morgan fingerprint density at radius 3 is 2.50 bits per heavy atom. The second kappa shape index (κ2) is 9.04. The number of methoxy groups -OCH3 is 1. The number of urea groups is 1. The fourth-order valence-electron chi connectivity index (χ4n) is 1.45. The van der Waals surface area contributed by atoms with Gasteiger partial charge in [-0.1, -0.05) is 6.92 Å². The normalized spacial score (nSPS) is 13.8. The predicted molar refractivity (Wildman–Crippen MR) is 72.1 cm³/mol. The second-order valence-corrected chi connectivity index (χ2v) is 4.83. The smallest absolute Gasteiger partial charge is 0.328 e. The molecular formula is C11H22N2O4S. The monoisotopic (exact) mass is 278 g/mol. The van der Waals surface area contributed by atoms with Crippen LogP contribution in [-0.2, 0) is 9.53 Å². The van der Waals surface area contributed by atoms with Crippen LogP contribution in [0.3, 0.4) is 0 Å². The number of amides is 2. The summed E-state index contributed by atoms with van der Waals surface area (Å²) >= 11 is 1.65. The first-order valence-electron chi connectivity index (χ1n) is 5.71. The Balaban J connectivity index is 4.47. The molecule has 7 heteroatoms. The number of carboxylic acids is 1. The van der Waals surface area contributed by atoms with Crippen LogP contribution >= 0.6 is 11.8 Å². The van der Waals surface area contributed by atoms with E-state index < -0.39 is 12.0 Å². The quantitative estimate of drug-likeness (QED) is 0.689. The number of rotatable bonds is 8. The molecule has 0 aromatic heterocycles. The molecule has 0 radical (unpaired) electrons. The van der Waals surface area contributed by atoms with E-state index in [0.29, 0.717) is 0 Å². The molecule has 106 valence electrons. The first-order chi connectivity index (χ1) is 8.47. The molecule has 2 amide bonds. The number of aliphatic carboxylic acids is 1. The van der Waals surface area contributed by atoms with Gasteiger partial charge in [-0.3, -0.25) is 0 Å². The molecule has 0 saturated carbocycles. The molecule has 0 aliphatic heterocycles. The van der Waals surface area contributed by atoms with Gasteiger partial charge in [0.15, 0.2) is 6.04 Å². The Bertz CT molecular complexity index is 276. The van der Waals surface area contributed by atoms with Crippen molar-refractivity contribution in [2.75, 3.05) is 32.8 Å². The summed E-state index contributed by atoms with van der Waals surface area (Å²) in [6, 6.07) is -1.31. The number of carboxylic acid groups (broad SMARTS) is 1. The number of thioether (sulfide) groups is 1. The molecule has 0 heterocycles. The number of hydrogen-bond acceptors (Lipinski definition) is 4. The zero-order valence-corrected chi connectivity index (χ0v) is 12.1. The van der Waals surface area contributed by atoms with Crippen molar-refractivity contribution in [3.8, 4) is 0 Å². The lowest BCUT2D eigenvalue weighted by atomic mass is 10.2. The lowest BCUT2D eigenvalue weighted by molar-refractivity contribution is -0.140. The fraction of sp³-hybridized carbons (Fsp3) is 0.818. The van der Waals surface area contributed by atoms with E-state index in [-0.39, 0.29) is 18.7 Å². The maximum Gasteiger partial charge on any atom is 0.328 e. The van der Waals surface area contributed by atoms with Gasteiger partial charge in [-0.15, -0.1) is 0 Å². The molecule has 6 nitrogen and oxygen atoms in total. The van der Waals surface area contributed by atoms with E-state index in [2.05, 4.69) is 5.32 Å². The predicted octanol–water partition coefficient (Wildman–Crippen LogP) is 0.869. The van der Waals surface area contributed by atoms with Crippen molar-refractivity contribution in [3.63, 3.8) is 0 Å². The van der Waals surface area contributed by atoms with Gasteiger partial charge in [0, 0.05) is 26.0 Å². The Morgan fingerprint density at radius 2 is 2.11 bits per heavy atom. The molecule has 2 N–H and O–H groups in total. The summed E-state index contributed by atoms with van der Waals surface area (Å²) in [7, 11) is 3.07. The van der Waals surface area contributed by atoms with Crippen LogP contribution in [0.2, 0.25) is 0 Å². The molecule has 2 atom stereocenters. The van der Waals surface area contributed by atoms with Gasteiger partial charge in [-0.05, 0) is 12.7 Å². The highest BCUT2D eigenvalue weighted by molar-refractivity contribution is 7.98. The van der Waals surface area contributed by atoms with Crippen molar-refractivity contribution in [1.29, 1.82) is 0 Å². The van der Waals surface area contributed by atoms with Crippen LogP contribution in [0.25, 0.3) is 0 Å². The van der Waals surface area contributed by atoms with Crippen LogP contribution in [0.1, 0.15) is 13.3 Å². The zero-order valence-electron chi connectivity index (χ0n) is 11.3. The molecule has 0 aromatic carbocycles. The van der Waals surface area contributed by atoms with E-state index in [1.807, 2.05) is 13.2 Å². The maximum absolute atomic E-state index is 11.9. The van der Waals surface area contributed by atoms with E-state index in [9.17, 15) is 9.59 Å². The molecule has 0 aliphatic carbocycles. The zero-order chi connectivity index (χ0) is 14.1. The molecule has 18 heavy (non-hydrogen) atoms. The summed E-state index contributed by atoms with van der Waals surface area (Å²) in [5.74, 6) is -0.279. The third-order valence-electron chi connectivity index (χ3n) is 2.63. The molecule has 2 unspecified atom stereocenters. The largest absolute Gasteiger partial charge is 0.480 e. The molecule has 0 aromatic rings. The first-order valence-corrected chi connectivity index (χ1v) is 7.11. The maximum atomic E-state index is 11.9. The number of nitrogens with zero attached hydrogens (tertiary/aromatic N) is 1. The van der Waals surface area contributed by atoms with Gasteiger partial charge in [0.2, 0.25) is 0 Å². The van der Waals surface area contributed by atoms with Crippen molar-refractivity contribution < 1.29 is 19.4 Å². The average molecular weight is 278 g/mol. The highest BCUT2D eigenvalue weighted by Gasteiger charge is 2.24. The molecule has 0 aliphatic rings. The lowest BCUT2D eigenvalue weighted by Gasteiger charge is -2.28. The topological polar surface area (TPSA) is 78.9 Å². The molecule has 0 saturated heterocycles. The van der Waals surface area contributed by atoms with Crippen molar-refractivity contribution in [1.82, 2.24) is 10.2 Å². The molecule has 0 spiro atoms. The first kappa shape index (κ1) is 17.1. The molecule has 0 bridgehead atoms. The van der Waals surface area contributed by atoms with Gasteiger partial charge < -0.3 is 20.1 Å². The van der Waals surface area contributed by atoms with E-state index in [4.69, 9.17) is 9.84 Å². The van der Waals surface area contributed by atoms with Crippen LogP contribution in [0.15, 0.2) is 0 Å². The van der Waals surface area contributed by atoms with Crippen LogP contribution < -0.4 is 5.32 Å². The van der Waals surface area contributed by atoms with E-state index in [1.165, 1.54) is 7.11 Å². The van der Waals surface area contributed by atoms with E-state index in [1.54, 1.807) is 23.7 Å². The minimum atomic E-state index is -1.10. The third kappa shape index (κ3) is 5.59. The summed E-state index contributed by atoms with van der Waals surface area (Å²) in [6.07, 6.45) is 2.80. The number of carbonyl (C=O) groups is 2. The van der Waals surface area contributed by atoms with E-state index in [0.717, 1.165) is 12.2 Å². The van der Waals surface area contributed by atoms with Gasteiger partial charge in [0.1, 0.15) is 0 Å². The van der Waals surface area contributed by atoms with Gasteiger partial charge in [0.05, 0.1) is 6.61 Å². The van der Waals surface area contributed by atoms with Gasteiger partial charge in [-0.25, -0.2) is 9.59 Å². The summed E-state index contributed by atoms with van der Waals surface area (Å²) in [5.41, 5.74) is 0. The summed E-state index contributed by atoms with van der Waals surface area (Å²) in [5, 5.41) is 11.4. The minimum Gasteiger partial charge on any atom is -0.480 e. The van der Waals surface area contributed by atoms with Gasteiger partial charge in [0.25, 0.3) is 0 Å². The lowest BCUT2D eigenvalue weighted by Crippen LogP contribution is -2.51. The molecule has 0 rings (SSSR count). The second-order valence-electron chi connectivity index (χ2n) is 3.92. The Kier molecular flexibility index (Phi) is 8.57. The van der Waals surface area contributed by atoms with Gasteiger partial charge >= 0.3 is 12.0 Å². The third-order valence-corrected chi connectivity index (χ3v) is 3.35. The Morgan fingerprint density at radius 1 is 1.50 bits per heavy atom. The van der Waals surface area contributed by atoms with Crippen LogP contribution in [0.4, 0.5) is 4.79 Å². The van der Waals surface area contributed by atoms with Crippen molar-refractivity contribution in [3.05, 3.63) is 0 Å². The molecule has 0 fully saturated rings. The van der Waals surface area contributed by atoms with Crippen LogP contribution in [-0.4, -0.2) is 66.9 Å². The number of ether oxygens (including phenoxy) is 1. The minimum absolute atomic E-state index is 0.0474. The SMILES string of the molecule is CCC(CSC)N(C)C(=O)NC(COC)C(=O)O. The number of carbonyl (C=O) groups excluding carboxylic acids is 1. The van der Waals surface area contributed by atoms with Crippen molar-refractivity contribution in [2.45, 2.75) is 25.4 Å². The number of hydrogen-bond donors (Lipinski definition) is 2. The van der Waals surface area contributed by atoms with Gasteiger partial charge in [-0.2, -0.15) is 11.8 Å². The average Bonchev–Trinajstić information content (AvgIpc) is 2.34. The van der Waals surface area contributed by atoms with Crippen molar-refractivity contribution in [2.24, 2.45) is 0 Å². The van der Waals surface area contributed by atoms with Crippen LogP contribution in [0, 0.1) is 0 Å². The Hall–Kier alpha value is -0.950. The van der Waals surface area contributed by atoms with Crippen molar-refractivity contribution >= 4 is 23.8 Å². The van der Waals surface area contributed by atoms with E-state index >= 15 is 0 Å². The summed E-state index contributed by atoms with van der Waals surface area (Å²) < 4.78 is 4.76. The van der Waals surface area contributed by atoms with Crippen LogP contribution in [0.5, 0.6) is 0 Å². The standard InChI is InChI=1S/C11H22N2O4S/c1-5-8(7-18-4)13(2)11(16)12-9(6-17-3)10(14)15/h8-9H,5-7H2,1-4H3,(H,12,16)(H,14,15). The summed E-state index contributed by atoms with van der Waals surface area (Å²) in [4.78, 5) is 24.3. The molecular weight excluding hydrogens is 256 g/mol. The highest BCUT2D eigenvalue weighted by atomic mass is 32.2. The summed E-state index contributed by atoms with van der Waals surface area (Å²) in [6.45, 7) is 1.95. The highest BCUT2D eigenvalue weighted by Crippen LogP contribution is 2.08. The Labute approximate surface area is 112 Å². The number of nitrogens with one attached hydrogen (secondary N) is 1.